The van der Waals surface area contributed by atoms with Gasteiger partial charge in [0.05, 0.1) is 29.3 Å². The Bertz CT molecular complexity index is 433. The molecular formula is C11H12ClNO4. The maximum atomic E-state index is 11.4. The summed E-state index contributed by atoms with van der Waals surface area (Å²) in [6, 6.07) is 4.12. The third-order valence-corrected chi connectivity index (χ3v) is 2.34. The molecule has 0 heterocycles. The molecule has 0 bridgehead atoms. The first kappa shape index (κ1) is 13.5. The van der Waals surface area contributed by atoms with Gasteiger partial charge in [0.2, 0.25) is 5.91 Å². The van der Waals surface area contributed by atoms with Gasteiger partial charge in [-0.3, -0.25) is 4.79 Å². The largest absolute Gasteiger partial charge is 0.478 e. The number of hydrogen-bond acceptors (Lipinski definition) is 3. The summed E-state index contributed by atoms with van der Waals surface area (Å²) in [6.07, 6.45) is 0.216. The van der Waals surface area contributed by atoms with Gasteiger partial charge in [-0.05, 0) is 18.2 Å². The molecule has 0 saturated carbocycles. The van der Waals surface area contributed by atoms with Crippen LogP contribution in [0, 0.1) is 0 Å². The SMILES string of the molecule is COCCC(=O)Nc1ccc(C(=O)O)cc1Cl. The number of benzene rings is 1. The average molecular weight is 258 g/mol. The quantitative estimate of drug-likeness (QED) is 0.846. The van der Waals surface area contributed by atoms with Crippen molar-refractivity contribution in [3.8, 4) is 0 Å². The number of hydrogen-bond donors (Lipinski definition) is 2. The highest BCUT2D eigenvalue weighted by atomic mass is 35.5. The van der Waals surface area contributed by atoms with Crippen molar-refractivity contribution in [3.05, 3.63) is 28.8 Å². The summed E-state index contributed by atoms with van der Waals surface area (Å²) in [5.74, 6) is -1.30. The second kappa shape index (κ2) is 6.22. The second-order valence-electron chi connectivity index (χ2n) is 3.29. The van der Waals surface area contributed by atoms with E-state index in [4.69, 9.17) is 21.4 Å². The summed E-state index contributed by atoms with van der Waals surface area (Å²) in [4.78, 5) is 22.0. The van der Waals surface area contributed by atoms with Gasteiger partial charge in [0.25, 0.3) is 0 Å². The number of carboxylic acids is 1. The Balaban J connectivity index is 2.72. The van der Waals surface area contributed by atoms with Gasteiger partial charge in [-0.25, -0.2) is 4.79 Å². The highest BCUT2D eigenvalue weighted by Crippen LogP contribution is 2.23. The van der Waals surface area contributed by atoms with E-state index in [0.717, 1.165) is 0 Å². The number of carbonyl (C=O) groups is 2. The monoisotopic (exact) mass is 257 g/mol. The standard InChI is InChI=1S/C11H12ClNO4/c1-17-5-4-10(14)13-9-3-2-7(11(15)16)6-8(9)12/h2-3,6H,4-5H2,1H3,(H,13,14)(H,15,16). The molecule has 0 unspecified atom stereocenters. The minimum Gasteiger partial charge on any atom is -0.478 e. The van der Waals surface area contributed by atoms with E-state index >= 15 is 0 Å². The number of amides is 1. The molecule has 0 aliphatic heterocycles. The van der Waals surface area contributed by atoms with Crippen LogP contribution in [0.25, 0.3) is 0 Å². The van der Waals surface area contributed by atoms with Crippen LogP contribution >= 0.6 is 11.6 Å². The molecule has 1 amide bonds. The molecule has 0 spiro atoms. The molecule has 2 N–H and O–H groups in total. The zero-order valence-electron chi connectivity index (χ0n) is 9.20. The molecule has 0 radical (unpaired) electrons. The molecule has 92 valence electrons. The Kier molecular flexibility index (Phi) is 4.93. The predicted molar refractivity (Wildman–Crippen MR) is 63.5 cm³/mol. The summed E-state index contributed by atoms with van der Waals surface area (Å²) in [5, 5.41) is 11.5. The van der Waals surface area contributed by atoms with E-state index in [2.05, 4.69) is 5.32 Å². The van der Waals surface area contributed by atoms with Gasteiger partial charge in [-0.15, -0.1) is 0 Å². The molecule has 17 heavy (non-hydrogen) atoms. The van der Waals surface area contributed by atoms with Crippen LogP contribution in [0.15, 0.2) is 18.2 Å². The lowest BCUT2D eigenvalue weighted by atomic mass is 10.2. The van der Waals surface area contributed by atoms with Crippen molar-refractivity contribution in [2.45, 2.75) is 6.42 Å². The lowest BCUT2D eigenvalue weighted by Gasteiger charge is -2.07. The van der Waals surface area contributed by atoms with Crippen molar-refractivity contribution >= 4 is 29.2 Å². The van der Waals surface area contributed by atoms with Gasteiger partial charge >= 0.3 is 5.97 Å². The van der Waals surface area contributed by atoms with Gasteiger partial charge in [-0.2, -0.15) is 0 Å². The molecule has 1 rings (SSSR count). The maximum absolute atomic E-state index is 11.4. The van der Waals surface area contributed by atoms with Crippen LogP contribution in [-0.2, 0) is 9.53 Å². The van der Waals surface area contributed by atoms with Crippen molar-refractivity contribution in [1.82, 2.24) is 0 Å². The predicted octanol–water partition coefficient (Wildman–Crippen LogP) is 2.01. The number of rotatable bonds is 5. The fraction of sp³-hybridized carbons (Fsp3) is 0.273. The van der Waals surface area contributed by atoms with E-state index in [-0.39, 0.29) is 22.9 Å². The molecule has 0 aliphatic carbocycles. The fourth-order valence-electron chi connectivity index (χ4n) is 1.16. The number of carboxylic acid groups (broad SMARTS) is 1. The molecular weight excluding hydrogens is 246 g/mol. The van der Waals surface area contributed by atoms with Gasteiger partial charge < -0.3 is 15.2 Å². The minimum absolute atomic E-state index is 0.0740. The van der Waals surface area contributed by atoms with Gasteiger partial charge in [0, 0.05) is 7.11 Å². The topological polar surface area (TPSA) is 75.6 Å². The van der Waals surface area contributed by atoms with E-state index < -0.39 is 5.97 Å². The lowest BCUT2D eigenvalue weighted by Crippen LogP contribution is -2.14. The maximum Gasteiger partial charge on any atom is 0.335 e. The molecule has 0 atom stereocenters. The van der Waals surface area contributed by atoms with E-state index in [1.54, 1.807) is 0 Å². The second-order valence-corrected chi connectivity index (χ2v) is 3.70. The van der Waals surface area contributed by atoms with Crippen LogP contribution < -0.4 is 5.32 Å². The normalized spacial score (nSPS) is 10.0. The number of carbonyl (C=O) groups excluding carboxylic acids is 1. The Morgan fingerprint density at radius 1 is 1.47 bits per heavy atom. The van der Waals surface area contributed by atoms with Crippen LogP contribution in [0.1, 0.15) is 16.8 Å². The Hall–Kier alpha value is -1.59. The third-order valence-electron chi connectivity index (χ3n) is 2.02. The fourth-order valence-corrected chi connectivity index (χ4v) is 1.38. The molecule has 0 saturated heterocycles. The number of methoxy groups -OCH3 is 1. The van der Waals surface area contributed by atoms with Crippen LogP contribution in [-0.4, -0.2) is 30.7 Å². The molecule has 0 aromatic heterocycles. The molecule has 0 aliphatic rings. The lowest BCUT2D eigenvalue weighted by molar-refractivity contribution is -0.117. The first-order chi connectivity index (χ1) is 8.04. The summed E-state index contributed by atoms with van der Waals surface area (Å²) >= 11 is 5.84. The number of nitrogens with one attached hydrogen (secondary N) is 1. The van der Waals surface area contributed by atoms with Crippen LogP contribution in [0.5, 0.6) is 0 Å². The van der Waals surface area contributed by atoms with Crippen LogP contribution in [0.2, 0.25) is 5.02 Å². The Morgan fingerprint density at radius 3 is 2.71 bits per heavy atom. The molecule has 1 aromatic carbocycles. The van der Waals surface area contributed by atoms with Crippen LogP contribution in [0.3, 0.4) is 0 Å². The third kappa shape index (κ3) is 4.05. The van der Waals surface area contributed by atoms with Crippen molar-refractivity contribution in [2.24, 2.45) is 0 Å². The van der Waals surface area contributed by atoms with E-state index in [1.807, 2.05) is 0 Å². The number of aromatic carboxylic acids is 1. The number of halogens is 1. The molecule has 1 aromatic rings. The smallest absolute Gasteiger partial charge is 0.335 e. The minimum atomic E-state index is -1.07. The summed E-state index contributed by atoms with van der Waals surface area (Å²) < 4.78 is 4.76. The summed E-state index contributed by atoms with van der Waals surface area (Å²) in [7, 11) is 1.50. The number of anilines is 1. The van der Waals surface area contributed by atoms with Crippen molar-refractivity contribution in [1.29, 1.82) is 0 Å². The van der Waals surface area contributed by atoms with Crippen molar-refractivity contribution in [3.63, 3.8) is 0 Å². The highest BCUT2D eigenvalue weighted by molar-refractivity contribution is 6.34. The highest BCUT2D eigenvalue weighted by Gasteiger charge is 2.09. The van der Waals surface area contributed by atoms with E-state index in [1.165, 1.54) is 25.3 Å². The van der Waals surface area contributed by atoms with Gasteiger partial charge in [-0.1, -0.05) is 11.6 Å². The van der Waals surface area contributed by atoms with E-state index in [9.17, 15) is 9.59 Å². The first-order valence-electron chi connectivity index (χ1n) is 4.86. The van der Waals surface area contributed by atoms with Gasteiger partial charge in [0.1, 0.15) is 0 Å². The van der Waals surface area contributed by atoms with Crippen LogP contribution in [0.4, 0.5) is 5.69 Å². The summed E-state index contributed by atoms with van der Waals surface area (Å²) in [6.45, 7) is 0.316. The molecule has 6 heteroatoms. The average Bonchev–Trinajstić information content (AvgIpc) is 2.28. The van der Waals surface area contributed by atoms with Crippen molar-refractivity contribution < 1.29 is 19.4 Å². The zero-order chi connectivity index (χ0) is 12.8. The summed E-state index contributed by atoms with van der Waals surface area (Å²) in [5.41, 5.74) is 0.461. The molecule has 0 fully saturated rings. The molecule has 5 nitrogen and oxygen atoms in total. The Labute approximate surface area is 103 Å². The Morgan fingerprint density at radius 2 is 2.18 bits per heavy atom. The van der Waals surface area contributed by atoms with Crippen molar-refractivity contribution in [2.75, 3.05) is 19.0 Å². The number of ether oxygens (including phenoxy) is 1. The van der Waals surface area contributed by atoms with Gasteiger partial charge in [0.15, 0.2) is 0 Å². The van der Waals surface area contributed by atoms with E-state index in [0.29, 0.717) is 12.3 Å². The zero-order valence-corrected chi connectivity index (χ0v) is 9.95. The first-order valence-corrected chi connectivity index (χ1v) is 5.24.